The Bertz CT molecular complexity index is 1090. The van der Waals surface area contributed by atoms with Gasteiger partial charge in [-0.25, -0.2) is 0 Å². The number of alkyl halides is 3. The second-order valence-electron chi connectivity index (χ2n) is 7.45. The molecular weight excluding hydrogens is 441 g/mol. The number of nitrogens with zero attached hydrogens (tertiary/aromatic N) is 4. The first-order valence-corrected chi connectivity index (χ1v) is 11.0. The Morgan fingerprint density at radius 2 is 1.81 bits per heavy atom. The van der Waals surface area contributed by atoms with E-state index in [1.165, 1.54) is 17.8 Å². The topological polar surface area (TPSA) is 62.5 Å². The summed E-state index contributed by atoms with van der Waals surface area (Å²) in [5.74, 6) is 0.478. The molecule has 10 heteroatoms. The predicted molar refractivity (Wildman–Crippen MR) is 115 cm³/mol. The normalized spacial score (nSPS) is 14.6. The van der Waals surface area contributed by atoms with E-state index in [-0.39, 0.29) is 11.7 Å². The molecule has 4 rings (SSSR count). The molecule has 1 aliphatic rings. The van der Waals surface area contributed by atoms with Gasteiger partial charge in [0.15, 0.2) is 0 Å². The monoisotopic (exact) mass is 462 g/mol. The summed E-state index contributed by atoms with van der Waals surface area (Å²) in [6, 6.07) is 13.0. The Balaban J connectivity index is 1.29. The van der Waals surface area contributed by atoms with Crippen LogP contribution in [0.3, 0.4) is 0 Å². The third-order valence-electron chi connectivity index (χ3n) is 5.16. The number of amides is 1. The number of hydrogen-bond acceptors (Lipinski definition) is 6. The van der Waals surface area contributed by atoms with Crippen LogP contribution in [-0.2, 0) is 11.0 Å². The molecule has 0 saturated carbocycles. The molecule has 0 unspecified atom stereocenters. The molecule has 168 valence electrons. The highest BCUT2D eigenvalue weighted by Gasteiger charge is 2.31. The highest BCUT2D eigenvalue weighted by atomic mass is 32.2. The predicted octanol–water partition coefficient (Wildman–Crippen LogP) is 4.50. The van der Waals surface area contributed by atoms with Gasteiger partial charge in [0, 0.05) is 37.4 Å². The summed E-state index contributed by atoms with van der Waals surface area (Å²) < 4.78 is 44.5. The minimum atomic E-state index is -4.38. The summed E-state index contributed by atoms with van der Waals surface area (Å²) in [6.07, 6.45) is -4.38. The Hall–Kier alpha value is -3.01. The first-order valence-electron chi connectivity index (χ1n) is 10.0. The molecule has 0 radical (unpaired) electrons. The molecule has 2 heterocycles. The largest absolute Gasteiger partial charge is 0.416 e. The Labute approximate surface area is 187 Å². The summed E-state index contributed by atoms with van der Waals surface area (Å²) in [7, 11) is 0. The van der Waals surface area contributed by atoms with E-state index in [2.05, 4.69) is 10.2 Å². The Morgan fingerprint density at radius 3 is 2.53 bits per heavy atom. The number of aromatic nitrogens is 2. The molecular formula is C22H21F3N4O2S. The fourth-order valence-corrected chi connectivity index (χ4v) is 4.14. The van der Waals surface area contributed by atoms with Gasteiger partial charge in [-0.2, -0.15) is 13.2 Å². The molecule has 2 aromatic carbocycles. The SMILES string of the molecule is Cc1cccc(-c2nnc(SCC(=O)N3CCN(c4cccc(C(F)(F)F)c4)CC3)o2)c1. The lowest BCUT2D eigenvalue weighted by Gasteiger charge is -2.36. The number of piperazine rings is 1. The van der Waals surface area contributed by atoms with Gasteiger partial charge < -0.3 is 14.2 Å². The number of hydrogen-bond donors (Lipinski definition) is 0. The van der Waals surface area contributed by atoms with Gasteiger partial charge in [0.2, 0.25) is 11.8 Å². The molecule has 0 atom stereocenters. The number of halogens is 3. The van der Waals surface area contributed by atoms with E-state index in [1.807, 2.05) is 36.1 Å². The van der Waals surface area contributed by atoms with Crippen LogP contribution < -0.4 is 4.90 Å². The number of carbonyl (C=O) groups is 1. The maximum Gasteiger partial charge on any atom is 0.416 e. The van der Waals surface area contributed by atoms with E-state index >= 15 is 0 Å². The minimum absolute atomic E-state index is 0.0750. The van der Waals surface area contributed by atoms with Crippen molar-refractivity contribution in [1.82, 2.24) is 15.1 Å². The lowest BCUT2D eigenvalue weighted by molar-refractivity contribution is -0.137. The quantitative estimate of drug-likeness (QED) is 0.520. The van der Waals surface area contributed by atoms with Crippen molar-refractivity contribution in [1.29, 1.82) is 0 Å². The van der Waals surface area contributed by atoms with Crippen molar-refractivity contribution in [2.45, 2.75) is 18.3 Å². The van der Waals surface area contributed by atoms with Crippen molar-refractivity contribution >= 4 is 23.4 Å². The maximum atomic E-state index is 13.0. The van der Waals surface area contributed by atoms with Gasteiger partial charge >= 0.3 is 6.18 Å². The molecule has 1 aromatic heterocycles. The van der Waals surface area contributed by atoms with Gasteiger partial charge in [-0.15, -0.1) is 10.2 Å². The minimum Gasteiger partial charge on any atom is -0.411 e. The zero-order valence-corrected chi connectivity index (χ0v) is 18.1. The van der Waals surface area contributed by atoms with Gasteiger partial charge in [0.1, 0.15) is 0 Å². The fraction of sp³-hybridized carbons (Fsp3) is 0.318. The standard InChI is InChI=1S/C22H21F3N4O2S/c1-15-4-2-5-16(12-15)20-26-27-21(31-20)32-14-19(30)29-10-8-28(9-11-29)18-7-3-6-17(13-18)22(23,24)25/h2-7,12-13H,8-11,14H2,1H3. The van der Waals surface area contributed by atoms with E-state index in [0.29, 0.717) is 43.0 Å². The van der Waals surface area contributed by atoms with Gasteiger partial charge in [-0.05, 0) is 37.3 Å². The summed E-state index contributed by atoms with van der Waals surface area (Å²) in [5.41, 5.74) is 1.74. The first-order chi connectivity index (χ1) is 15.3. The van der Waals surface area contributed by atoms with Crippen molar-refractivity contribution in [3.8, 4) is 11.5 Å². The molecule has 0 spiro atoms. The van der Waals surface area contributed by atoms with Crippen LogP contribution in [0.2, 0.25) is 0 Å². The molecule has 1 amide bonds. The van der Waals surface area contributed by atoms with Crippen molar-refractivity contribution in [3.63, 3.8) is 0 Å². The van der Waals surface area contributed by atoms with Gasteiger partial charge in [0.25, 0.3) is 5.22 Å². The second kappa shape index (κ2) is 9.23. The van der Waals surface area contributed by atoms with Crippen LogP contribution in [-0.4, -0.2) is 52.9 Å². The van der Waals surface area contributed by atoms with Gasteiger partial charge in [-0.1, -0.05) is 35.5 Å². The molecule has 0 aliphatic carbocycles. The number of rotatable bonds is 5. The number of benzene rings is 2. The van der Waals surface area contributed by atoms with Crippen LogP contribution in [0.1, 0.15) is 11.1 Å². The number of anilines is 1. The van der Waals surface area contributed by atoms with E-state index < -0.39 is 11.7 Å². The maximum absolute atomic E-state index is 13.0. The van der Waals surface area contributed by atoms with E-state index in [1.54, 1.807) is 11.0 Å². The van der Waals surface area contributed by atoms with Gasteiger partial charge in [-0.3, -0.25) is 4.79 Å². The van der Waals surface area contributed by atoms with Crippen LogP contribution in [0.15, 0.2) is 58.2 Å². The third kappa shape index (κ3) is 5.24. The van der Waals surface area contributed by atoms with Crippen LogP contribution in [0.4, 0.5) is 18.9 Å². The summed E-state index contributed by atoms with van der Waals surface area (Å²) >= 11 is 1.17. The van der Waals surface area contributed by atoms with E-state index in [9.17, 15) is 18.0 Å². The van der Waals surface area contributed by atoms with E-state index in [4.69, 9.17) is 4.42 Å². The highest BCUT2D eigenvalue weighted by Crippen LogP contribution is 2.32. The summed E-state index contributed by atoms with van der Waals surface area (Å²) in [4.78, 5) is 16.1. The molecule has 1 saturated heterocycles. The van der Waals surface area contributed by atoms with Crippen LogP contribution in [0.5, 0.6) is 0 Å². The van der Waals surface area contributed by atoms with Crippen LogP contribution in [0.25, 0.3) is 11.5 Å². The lowest BCUT2D eigenvalue weighted by atomic mass is 10.1. The van der Waals surface area contributed by atoms with E-state index in [0.717, 1.165) is 23.3 Å². The number of aryl methyl sites for hydroxylation is 1. The third-order valence-corrected chi connectivity index (χ3v) is 5.96. The van der Waals surface area contributed by atoms with Crippen LogP contribution in [0, 0.1) is 6.92 Å². The smallest absolute Gasteiger partial charge is 0.411 e. The lowest BCUT2D eigenvalue weighted by Crippen LogP contribution is -2.49. The summed E-state index contributed by atoms with van der Waals surface area (Å²) in [6.45, 7) is 3.79. The van der Waals surface area contributed by atoms with Crippen molar-refractivity contribution in [2.75, 3.05) is 36.8 Å². The van der Waals surface area contributed by atoms with Gasteiger partial charge in [0.05, 0.1) is 11.3 Å². The number of carbonyl (C=O) groups excluding carboxylic acids is 1. The molecule has 0 bridgehead atoms. The molecule has 6 nitrogen and oxygen atoms in total. The molecule has 1 aliphatic heterocycles. The molecule has 0 N–H and O–H groups in total. The average molecular weight is 462 g/mol. The molecule has 1 fully saturated rings. The fourth-order valence-electron chi connectivity index (χ4n) is 3.47. The zero-order chi connectivity index (χ0) is 22.7. The first kappa shape index (κ1) is 22.2. The molecule has 3 aromatic rings. The average Bonchev–Trinajstić information content (AvgIpc) is 3.26. The highest BCUT2D eigenvalue weighted by molar-refractivity contribution is 7.99. The number of thioether (sulfide) groups is 1. The van der Waals surface area contributed by atoms with Crippen molar-refractivity contribution < 1.29 is 22.4 Å². The van der Waals surface area contributed by atoms with Crippen molar-refractivity contribution in [3.05, 3.63) is 59.7 Å². The second-order valence-corrected chi connectivity index (χ2v) is 8.37. The van der Waals surface area contributed by atoms with Crippen LogP contribution >= 0.6 is 11.8 Å². The molecule has 32 heavy (non-hydrogen) atoms. The Morgan fingerprint density at radius 1 is 1.06 bits per heavy atom. The Kier molecular flexibility index (Phi) is 6.40. The summed E-state index contributed by atoms with van der Waals surface area (Å²) in [5, 5.41) is 8.35. The van der Waals surface area contributed by atoms with Crippen molar-refractivity contribution in [2.24, 2.45) is 0 Å². The zero-order valence-electron chi connectivity index (χ0n) is 17.3.